The Morgan fingerprint density at radius 1 is 1.28 bits per heavy atom. The van der Waals surface area contributed by atoms with Gasteiger partial charge < -0.3 is 4.74 Å². The van der Waals surface area contributed by atoms with Crippen LogP contribution in [0.2, 0.25) is 10.0 Å². The molecule has 1 heterocycles. The van der Waals surface area contributed by atoms with Crippen molar-refractivity contribution >= 4 is 39.1 Å². The van der Waals surface area contributed by atoms with Gasteiger partial charge in [0.25, 0.3) is 0 Å². The summed E-state index contributed by atoms with van der Waals surface area (Å²) in [6.45, 7) is 0. The van der Waals surface area contributed by atoms with E-state index in [4.69, 9.17) is 33.2 Å². The van der Waals surface area contributed by atoms with Gasteiger partial charge in [-0.1, -0.05) is 23.2 Å². The summed E-state index contributed by atoms with van der Waals surface area (Å²) in [7, 11) is 0. The molecule has 3 nitrogen and oxygen atoms in total. The van der Waals surface area contributed by atoms with Crippen molar-refractivity contribution in [2.75, 3.05) is 0 Å². The molecular formula is C12H5BrCl2N2O. The Bertz CT molecular complexity index is 640. The average Bonchev–Trinajstić information content (AvgIpc) is 2.35. The first-order chi connectivity index (χ1) is 8.61. The molecule has 0 radical (unpaired) electrons. The lowest BCUT2D eigenvalue weighted by Gasteiger charge is -2.08. The summed E-state index contributed by atoms with van der Waals surface area (Å²) in [4.78, 5) is 3.99. The topological polar surface area (TPSA) is 45.9 Å². The van der Waals surface area contributed by atoms with Gasteiger partial charge in [0.1, 0.15) is 16.8 Å². The second kappa shape index (κ2) is 5.57. The zero-order chi connectivity index (χ0) is 13.1. The number of halogens is 3. The Kier molecular flexibility index (Phi) is 4.07. The summed E-state index contributed by atoms with van der Waals surface area (Å²) in [5.41, 5.74) is 0.312. The van der Waals surface area contributed by atoms with Crippen LogP contribution in [0.5, 0.6) is 11.6 Å². The zero-order valence-electron chi connectivity index (χ0n) is 8.82. The average molecular weight is 344 g/mol. The SMILES string of the molecule is N#Cc1ccnc(Oc2ccc(Cl)cc2Br)c1Cl. The molecule has 1 aromatic carbocycles. The van der Waals surface area contributed by atoms with Crippen LogP contribution in [0.15, 0.2) is 34.9 Å². The fraction of sp³-hybridized carbons (Fsp3) is 0. The molecule has 0 N–H and O–H groups in total. The number of hydrogen-bond acceptors (Lipinski definition) is 3. The first kappa shape index (κ1) is 13.2. The Morgan fingerprint density at radius 3 is 2.72 bits per heavy atom. The Balaban J connectivity index is 2.38. The standard InChI is InChI=1S/C12H5BrCl2N2O/c13-9-5-8(14)1-2-10(9)18-12-11(15)7(6-16)3-4-17-12/h1-5H. The molecule has 0 saturated heterocycles. The second-order valence-electron chi connectivity index (χ2n) is 3.27. The van der Waals surface area contributed by atoms with E-state index in [9.17, 15) is 0 Å². The predicted octanol–water partition coefficient (Wildman–Crippen LogP) is 4.81. The highest BCUT2D eigenvalue weighted by Gasteiger charge is 2.11. The number of ether oxygens (including phenoxy) is 1. The van der Waals surface area contributed by atoms with Crippen molar-refractivity contribution in [3.63, 3.8) is 0 Å². The lowest BCUT2D eigenvalue weighted by Crippen LogP contribution is -1.91. The van der Waals surface area contributed by atoms with E-state index in [2.05, 4.69) is 20.9 Å². The number of aromatic nitrogens is 1. The number of rotatable bonds is 2. The van der Waals surface area contributed by atoms with Crippen molar-refractivity contribution in [2.45, 2.75) is 0 Å². The molecule has 0 spiro atoms. The van der Waals surface area contributed by atoms with Gasteiger partial charge in [0.2, 0.25) is 5.88 Å². The van der Waals surface area contributed by atoms with Gasteiger partial charge in [-0.3, -0.25) is 0 Å². The van der Waals surface area contributed by atoms with Crippen LogP contribution in [0, 0.1) is 11.3 Å². The molecule has 0 saturated carbocycles. The van der Waals surface area contributed by atoms with Gasteiger partial charge >= 0.3 is 0 Å². The Hall–Kier alpha value is -1.28. The van der Waals surface area contributed by atoms with Crippen LogP contribution in [0.3, 0.4) is 0 Å². The maximum atomic E-state index is 8.86. The quantitative estimate of drug-likeness (QED) is 0.785. The third kappa shape index (κ3) is 2.75. The molecule has 6 heteroatoms. The van der Waals surface area contributed by atoms with E-state index < -0.39 is 0 Å². The molecule has 0 aliphatic heterocycles. The molecule has 0 aliphatic carbocycles. The first-order valence-corrected chi connectivity index (χ1v) is 6.34. The molecule has 0 aliphatic rings. The lowest BCUT2D eigenvalue weighted by atomic mass is 10.3. The number of hydrogen-bond donors (Lipinski definition) is 0. The van der Waals surface area contributed by atoms with Crippen LogP contribution in [-0.2, 0) is 0 Å². The van der Waals surface area contributed by atoms with Crippen molar-refractivity contribution in [1.82, 2.24) is 4.98 Å². The highest BCUT2D eigenvalue weighted by atomic mass is 79.9. The van der Waals surface area contributed by atoms with E-state index >= 15 is 0 Å². The monoisotopic (exact) mass is 342 g/mol. The summed E-state index contributed by atoms with van der Waals surface area (Å²) in [6, 6.07) is 8.54. The van der Waals surface area contributed by atoms with E-state index in [0.717, 1.165) is 0 Å². The van der Waals surface area contributed by atoms with Gasteiger partial charge in [-0.15, -0.1) is 0 Å². The molecule has 0 fully saturated rings. The minimum Gasteiger partial charge on any atom is -0.436 e. The van der Waals surface area contributed by atoms with Gasteiger partial charge in [0, 0.05) is 11.2 Å². The summed E-state index contributed by atoms with van der Waals surface area (Å²) >= 11 is 15.1. The van der Waals surface area contributed by atoms with Crippen LogP contribution >= 0.6 is 39.1 Å². The van der Waals surface area contributed by atoms with Gasteiger partial charge in [-0.2, -0.15) is 5.26 Å². The fourth-order valence-corrected chi connectivity index (χ4v) is 2.20. The molecule has 2 rings (SSSR count). The third-order valence-electron chi connectivity index (χ3n) is 2.08. The maximum Gasteiger partial charge on any atom is 0.239 e. The molecule has 90 valence electrons. The van der Waals surface area contributed by atoms with Gasteiger partial charge in [0.15, 0.2) is 0 Å². The van der Waals surface area contributed by atoms with Crippen molar-refractivity contribution in [3.05, 3.63) is 50.5 Å². The number of nitriles is 1. The third-order valence-corrected chi connectivity index (χ3v) is 3.30. The second-order valence-corrected chi connectivity index (χ2v) is 4.93. The fourth-order valence-electron chi connectivity index (χ4n) is 1.24. The predicted molar refractivity (Wildman–Crippen MR) is 73.2 cm³/mol. The maximum absolute atomic E-state index is 8.86. The van der Waals surface area contributed by atoms with Crippen molar-refractivity contribution in [2.24, 2.45) is 0 Å². The van der Waals surface area contributed by atoms with E-state index in [0.29, 0.717) is 20.8 Å². The summed E-state index contributed by atoms with van der Waals surface area (Å²) < 4.78 is 6.21. The number of benzene rings is 1. The highest BCUT2D eigenvalue weighted by molar-refractivity contribution is 9.10. The van der Waals surface area contributed by atoms with Crippen molar-refractivity contribution in [3.8, 4) is 17.7 Å². The Morgan fingerprint density at radius 2 is 2.06 bits per heavy atom. The smallest absolute Gasteiger partial charge is 0.239 e. The zero-order valence-corrected chi connectivity index (χ0v) is 11.9. The molecule has 0 bridgehead atoms. The van der Waals surface area contributed by atoms with Crippen LogP contribution in [-0.4, -0.2) is 4.98 Å². The van der Waals surface area contributed by atoms with E-state index in [1.165, 1.54) is 12.3 Å². The van der Waals surface area contributed by atoms with E-state index in [1.54, 1.807) is 18.2 Å². The summed E-state index contributed by atoms with van der Waals surface area (Å²) in [5, 5.41) is 9.62. The number of pyridine rings is 1. The molecule has 2 aromatic rings. The summed E-state index contributed by atoms with van der Waals surface area (Å²) in [6.07, 6.45) is 1.46. The van der Waals surface area contributed by atoms with E-state index in [-0.39, 0.29) is 10.9 Å². The molecule has 0 amide bonds. The molecule has 0 unspecified atom stereocenters. The highest BCUT2D eigenvalue weighted by Crippen LogP contribution is 2.34. The van der Waals surface area contributed by atoms with Crippen LogP contribution < -0.4 is 4.74 Å². The van der Waals surface area contributed by atoms with Crippen LogP contribution in [0.1, 0.15) is 5.56 Å². The van der Waals surface area contributed by atoms with Crippen LogP contribution in [0.25, 0.3) is 0 Å². The molecule has 18 heavy (non-hydrogen) atoms. The lowest BCUT2D eigenvalue weighted by molar-refractivity contribution is 0.460. The summed E-state index contributed by atoms with van der Waals surface area (Å²) in [5.74, 6) is 0.697. The van der Waals surface area contributed by atoms with Crippen molar-refractivity contribution < 1.29 is 4.74 Å². The largest absolute Gasteiger partial charge is 0.436 e. The van der Waals surface area contributed by atoms with E-state index in [1.807, 2.05) is 6.07 Å². The van der Waals surface area contributed by atoms with Gasteiger partial charge in [0.05, 0.1) is 10.0 Å². The molecule has 1 aromatic heterocycles. The number of nitrogens with zero attached hydrogens (tertiary/aromatic N) is 2. The molecular weight excluding hydrogens is 339 g/mol. The normalized spacial score (nSPS) is 9.89. The van der Waals surface area contributed by atoms with Gasteiger partial charge in [-0.05, 0) is 40.2 Å². The first-order valence-electron chi connectivity index (χ1n) is 4.79. The minimum atomic E-state index is 0.179. The molecule has 0 atom stereocenters. The minimum absolute atomic E-state index is 0.179. The van der Waals surface area contributed by atoms with Crippen molar-refractivity contribution in [1.29, 1.82) is 5.26 Å². The van der Waals surface area contributed by atoms with Gasteiger partial charge in [-0.25, -0.2) is 4.98 Å². The Labute approximate surface area is 122 Å². The van der Waals surface area contributed by atoms with Crippen LogP contribution in [0.4, 0.5) is 0 Å².